The van der Waals surface area contributed by atoms with Crippen LogP contribution in [0.25, 0.3) is 0 Å². The van der Waals surface area contributed by atoms with Gasteiger partial charge in [-0.25, -0.2) is 4.79 Å². The smallest absolute Gasteiger partial charge is 0.315 e. The van der Waals surface area contributed by atoms with Crippen LogP contribution in [0.1, 0.15) is 46.0 Å². The lowest BCUT2D eigenvalue weighted by molar-refractivity contribution is -0.143. The number of carbonyl (C=O) groups excluding carboxylic acids is 1. The molecule has 2 unspecified atom stereocenters. The van der Waals surface area contributed by atoms with Crippen LogP contribution in [-0.4, -0.2) is 43.4 Å². The molecule has 122 valence electrons. The fourth-order valence-corrected chi connectivity index (χ4v) is 2.57. The third-order valence-corrected chi connectivity index (χ3v) is 4.07. The maximum absolute atomic E-state index is 11.9. The van der Waals surface area contributed by atoms with E-state index in [4.69, 9.17) is 9.84 Å². The molecule has 0 spiro atoms. The Morgan fingerprint density at radius 1 is 1.33 bits per heavy atom. The van der Waals surface area contributed by atoms with Crippen LogP contribution in [0.4, 0.5) is 4.79 Å². The number of aliphatic carboxylic acids is 1. The molecule has 0 aromatic heterocycles. The third-order valence-electron chi connectivity index (χ3n) is 4.07. The molecule has 0 bridgehead atoms. The molecule has 0 aromatic rings. The first-order valence-electron chi connectivity index (χ1n) is 7.60. The number of methoxy groups -OCH3 is 1. The fraction of sp³-hybridized carbons (Fsp3) is 0.867. The van der Waals surface area contributed by atoms with Gasteiger partial charge < -0.3 is 20.5 Å². The highest BCUT2D eigenvalue weighted by Gasteiger charge is 2.28. The SMILES string of the molecule is COCCC(C)(C)CNC(=O)NC1CCCC(C(=O)O)C1. The number of carboxylic acids is 1. The van der Waals surface area contributed by atoms with E-state index in [1.165, 1.54) is 0 Å². The van der Waals surface area contributed by atoms with Gasteiger partial charge in [0.1, 0.15) is 0 Å². The van der Waals surface area contributed by atoms with Gasteiger partial charge in [0.15, 0.2) is 0 Å². The molecule has 0 aliphatic heterocycles. The van der Waals surface area contributed by atoms with Crippen molar-refractivity contribution in [3.05, 3.63) is 0 Å². The van der Waals surface area contributed by atoms with Gasteiger partial charge in [-0.15, -0.1) is 0 Å². The van der Waals surface area contributed by atoms with Crippen LogP contribution < -0.4 is 10.6 Å². The van der Waals surface area contributed by atoms with E-state index in [0.717, 1.165) is 19.3 Å². The summed E-state index contributed by atoms with van der Waals surface area (Å²) < 4.78 is 5.06. The Hall–Kier alpha value is -1.30. The summed E-state index contributed by atoms with van der Waals surface area (Å²) in [7, 11) is 1.66. The second-order valence-corrected chi connectivity index (χ2v) is 6.63. The van der Waals surface area contributed by atoms with E-state index in [1.54, 1.807) is 7.11 Å². The number of hydrogen-bond donors (Lipinski definition) is 3. The normalized spacial score (nSPS) is 22.6. The molecule has 1 saturated carbocycles. The first-order valence-corrected chi connectivity index (χ1v) is 7.60. The lowest BCUT2D eigenvalue weighted by Gasteiger charge is -2.29. The van der Waals surface area contributed by atoms with Gasteiger partial charge in [-0.2, -0.15) is 0 Å². The maximum Gasteiger partial charge on any atom is 0.315 e. The van der Waals surface area contributed by atoms with E-state index >= 15 is 0 Å². The monoisotopic (exact) mass is 300 g/mol. The minimum absolute atomic E-state index is 0.0243. The van der Waals surface area contributed by atoms with Gasteiger partial charge in [-0.05, 0) is 31.1 Å². The van der Waals surface area contributed by atoms with Crippen LogP contribution in [0, 0.1) is 11.3 Å². The Bertz CT molecular complexity index is 358. The van der Waals surface area contributed by atoms with Gasteiger partial charge in [-0.3, -0.25) is 4.79 Å². The standard InChI is InChI=1S/C15H28N2O4/c1-15(2,7-8-21-3)10-16-14(20)17-12-6-4-5-11(9-12)13(18)19/h11-12H,4-10H2,1-3H3,(H,18,19)(H2,16,17,20). The Balaban J connectivity index is 2.31. The Morgan fingerprint density at radius 3 is 2.67 bits per heavy atom. The molecule has 1 aliphatic carbocycles. The molecule has 0 saturated heterocycles. The van der Waals surface area contributed by atoms with Crippen molar-refractivity contribution >= 4 is 12.0 Å². The van der Waals surface area contributed by atoms with Crippen LogP contribution in [-0.2, 0) is 9.53 Å². The highest BCUT2D eigenvalue weighted by Crippen LogP contribution is 2.24. The van der Waals surface area contributed by atoms with Crippen LogP contribution >= 0.6 is 0 Å². The molecule has 1 fully saturated rings. The quantitative estimate of drug-likeness (QED) is 0.671. The van der Waals surface area contributed by atoms with E-state index in [0.29, 0.717) is 26.0 Å². The second kappa shape index (κ2) is 8.22. The Kier molecular flexibility index (Phi) is 6.95. The lowest BCUT2D eigenvalue weighted by atomic mass is 9.86. The first-order chi connectivity index (χ1) is 9.84. The summed E-state index contributed by atoms with van der Waals surface area (Å²) >= 11 is 0. The molecule has 6 nitrogen and oxygen atoms in total. The summed E-state index contributed by atoms with van der Waals surface area (Å²) in [6, 6.07) is -0.251. The number of amides is 2. The van der Waals surface area contributed by atoms with Gasteiger partial charge in [-0.1, -0.05) is 20.3 Å². The number of urea groups is 1. The zero-order chi connectivity index (χ0) is 15.9. The van der Waals surface area contributed by atoms with Crippen molar-refractivity contribution in [2.45, 2.75) is 52.0 Å². The van der Waals surface area contributed by atoms with Crippen molar-refractivity contribution in [2.75, 3.05) is 20.3 Å². The fourth-order valence-electron chi connectivity index (χ4n) is 2.57. The van der Waals surface area contributed by atoms with Gasteiger partial charge in [0.05, 0.1) is 5.92 Å². The minimum atomic E-state index is -0.761. The zero-order valence-corrected chi connectivity index (χ0v) is 13.3. The van der Waals surface area contributed by atoms with E-state index < -0.39 is 5.97 Å². The Morgan fingerprint density at radius 2 is 2.05 bits per heavy atom. The van der Waals surface area contributed by atoms with Gasteiger partial charge in [0, 0.05) is 26.3 Å². The molecule has 6 heteroatoms. The molecule has 1 aliphatic rings. The topological polar surface area (TPSA) is 87.7 Å². The van der Waals surface area contributed by atoms with Crippen molar-refractivity contribution in [3.63, 3.8) is 0 Å². The molecular weight excluding hydrogens is 272 g/mol. The highest BCUT2D eigenvalue weighted by atomic mass is 16.5. The highest BCUT2D eigenvalue weighted by molar-refractivity contribution is 5.74. The zero-order valence-electron chi connectivity index (χ0n) is 13.3. The van der Waals surface area contributed by atoms with Crippen molar-refractivity contribution < 1.29 is 19.4 Å². The molecule has 2 atom stereocenters. The summed E-state index contributed by atoms with van der Waals surface area (Å²) in [4.78, 5) is 22.9. The van der Waals surface area contributed by atoms with Crippen molar-refractivity contribution in [3.8, 4) is 0 Å². The molecule has 3 N–H and O–H groups in total. The molecule has 0 radical (unpaired) electrons. The summed E-state index contributed by atoms with van der Waals surface area (Å²) in [6.07, 6.45) is 3.80. The van der Waals surface area contributed by atoms with Gasteiger partial charge >= 0.3 is 12.0 Å². The van der Waals surface area contributed by atoms with Crippen LogP contribution in [0.5, 0.6) is 0 Å². The van der Waals surface area contributed by atoms with E-state index in [9.17, 15) is 9.59 Å². The van der Waals surface area contributed by atoms with Crippen molar-refractivity contribution in [2.24, 2.45) is 11.3 Å². The number of carboxylic acid groups (broad SMARTS) is 1. The predicted molar refractivity (Wildman–Crippen MR) is 80.2 cm³/mol. The van der Waals surface area contributed by atoms with Gasteiger partial charge in [0.2, 0.25) is 0 Å². The Labute approximate surface area is 126 Å². The number of nitrogens with one attached hydrogen (secondary N) is 2. The molecule has 1 rings (SSSR count). The lowest BCUT2D eigenvalue weighted by Crippen LogP contribution is -2.47. The number of rotatable bonds is 7. The molecule has 0 heterocycles. The summed E-state index contributed by atoms with van der Waals surface area (Å²) in [6.45, 7) is 5.39. The van der Waals surface area contributed by atoms with Crippen molar-refractivity contribution in [1.29, 1.82) is 0 Å². The third kappa shape index (κ3) is 6.80. The largest absolute Gasteiger partial charge is 0.481 e. The molecule has 2 amide bonds. The minimum Gasteiger partial charge on any atom is -0.481 e. The molecular formula is C15H28N2O4. The van der Waals surface area contributed by atoms with E-state index in [2.05, 4.69) is 24.5 Å². The number of carbonyl (C=O) groups is 2. The maximum atomic E-state index is 11.9. The van der Waals surface area contributed by atoms with E-state index in [-0.39, 0.29) is 23.4 Å². The second-order valence-electron chi connectivity index (χ2n) is 6.63. The summed E-state index contributed by atoms with van der Waals surface area (Å²) in [5, 5.41) is 14.8. The predicted octanol–water partition coefficient (Wildman–Crippen LogP) is 1.99. The van der Waals surface area contributed by atoms with Gasteiger partial charge in [0.25, 0.3) is 0 Å². The molecule has 0 aromatic carbocycles. The van der Waals surface area contributed by atoms with Crippen LogP contribution in [0.15, 0.2) is 0 Å². The summed E-state index contributed by atoms with van der Waals surface area (Å²) in [5.41, 5.74) is -0.0243. The number of hydrogen-bond acceptors (Lipinski definition) is 3. The summed E-state index contributed by atoms with van der Waals surface area (Å²) in [5.74, 6) is -1.09. The number of ether oxygens (including phenoxy) is 1. The van der Waals surface area contributed by atoms with E-state index in [1.807, 2.05) is 0 Å². The average Bonchev–Trinajstić information content (AvgIpc) is 2.43. The first kappa shape index (κ1) is 17.8. The van der Waals surface area contributed by atoms with Crippen LogP contribution in [0.2, 0.25) is 0 Å². The molecule has 21 heavy (non-hydrogen) atoms. The van der Waals surface area contributed by atoms with Crippen molar-refractivity contribution in [1.82, 2.24) is 10.6 Å². The van der Waals surface area contributed by atoms with Crippen LogP contribution in [0.3, 0.4) is 0 Å². The average molecular weight is 300 g/mol.